The van der Waals surface area contributed by atoms with Crippen LogP contribution in [0.2, 0.25) is 0 Å². The SMILES string of the molecule is Cc1ccc(OCc2ccsc2)c(CNC(C)C)n1. The van der Waals surface area contributed by atoms with E-state index in [2.05, 4.69) is 41.0 Å². The number of ether oxygens (including phenoxy) is 1. The molecule has 0 aromatic carbocycles. The van der Waals surface area contributed by atoms with Crippen LogP contribution in [0.3, 0.4) is 0 Å². The number of nitrogens with zero attached hydrogens (tertiary/aromatic N) is 1. The second-order valence-corrected chi connectivity index (χ2v) is 5.63. The van der Waals surface area contributed by atoms with Gasteiger partial charge in [-0.25, -0.2) is 0 Å². The first kappa shape index (κ1) is 14.0. The van der Waals surface area contributed by atoms with E-state index in [-0.39, 0.29) is 0 Å². The summed E-state index contributed by atoms with van der Waals surface area (Å²) in [5.74, 6) is 0.866. The van der Waals surface area contributed by atoms with Gasteiger partial charge in [-0.15, -0.1) is 0 Å². The molecule has 4 heteroatoms. The predicted molar refractivity (Wildman–Crippen MR) is 79.6 cm³/mol. The molecule has 0 unspecified atom stereocenters. The summed E-state index contributed by atoms with van der Waals surface area (Å²) in [6, 6.07) is 6.51. The molecule has 102 valence electrons. The number of aryl methyl sites for hydroxylation is 1. The molecule has 0 aliphatic carbocycles. The van der Waals surface area contributed by atoms with E-state index in [4.69, 9.17) is 4.74 Å². The largest absolute Gasteiger partial charge is 0.487 e. The Labute approximate surface area is 118 Å². The maximum atomic E-state index is 5.87. The second-order valence-electron chi connectivity index (χ2n) is 4.85. The Bertz CT molecular complexity index is 509. The van der Waals surface area contributed by atoms with Gasteiger partial charge in [0, 0.05) is 18.3 Å². The molecule has 0 spiro atoms. The Kier molecular flexibility index (Phi) is 4.93. The van der Waals surface area contributed by atoms with Gasteiger partial charge in [0.2, 0.25) is 0 Å². The van der Waals surface area contributed by atoms with Gasteiger partial charge in [0.05, 0.1) is 5.69 Å². The number of pyridine rings is 1. The summed E-state index contributed by atoms with van der Waals surface area (Å²) < 4.78 is 5.87. The zero-order valence-corrected chi connectivity index (χ0v) is 12.5. The molecule has 0 saturated carbocycles. The number of aromatic nitrogens is 1. The Morgan fingerprint density at radius 1 is 1.32 bits per heavy atom. The molecule has 0 bridgehead atoms. The Morgan fingerprint density at radius 3 is 2.84 bits per heavy atom. The van der Waals surface area contributed by atoms with Crippen LogP contribution in [0, 0.1) is 6.92 Å². The fraction of sp³-hybridized carbons (Fsp3) is 0.400. The lowest BCUT2D eigenvalue weighted by Crippen LogP contribution is -2.23. The van der Waals surface area contributed by atoms with Crippen LogP contribution in [0.1, 0.15) is 30.8 Å². The van der Waals surface area contributed by atoms with Crippen molar-refractivity contribution in [1.82, 2.24) is 10.3 Å². The average molecular weight is 276 g/mol. The van der Waals surface area contributed by atoms with Crippen molar-refractivity contribution in [3.63, 3.8) is 0 Å². The van der Waals surface area contributed by atoms with E-state index in [9.17, 15) is 0 Å². The van der Waals surface area contributed by atoms with Gasteiger partial charge in [0.25, 0.3) is 0 Å². The summed E-state index contributed by atoms with van der Waals surface area (Å²) >= 11 is 1.69. The van der Waals surface area contributed by atoms with Crippen molar-refractivity contribution in [3.05, 3.63) is 45.9 Å². The van der Waals surface area contributed by atoms with E-state index >= 15 is 0 Å². The molecule has 2 heterocycles. The molecule has 2 rings (SSSR count). The molecule has 19 heavy (non-hydrogen) atoms. The van der Waals surface area contributed by atoms with E-state index in [1.807, 2.05) is 19.1 Å². The van der Waals surface area contributed by atoms with Crippen LogP contribution >= 0.6 is 11.3 Å². The molecule has 0 aliphatic rings. The van der Waals surface area contributed by atoms with Crippen molar-refractivity contribution in [2.45, 2.75) is 40.0 Å². The minimum atomic E-state index is 0.437. The van der Waals surface area contributed by atoms with Crippen LogP contribution < -0.4 is 10.1 Å². The molecular weight excluding hydrogens is 256 g/mol. The van der Waals surface area contributed by atoms with Crippen molar-refractivity contribution < 1.29 is 4.74 Å². The third kappa shape index (κ3) is 4.33. The van der Waals surface area contributed by atoms with Gasteiger partial charge in [-0.05, 0) is 41.4 Å². The van der Waals surface area contributed by atoms with Crippen LogP contribution in [0.25, 0.3) is 0 Å². The molecule has 0 radical (unpaired) electrons. The molecular formula is C15H20N2OS. The Balaban J connectivity index is 2.05. The van der Waals surface area contributed by atoms with Crippen LogP contribution in [0.4, 0.5) is 0 Å². The van der Waals surface area contributed by atoms with Crippen LogP contribution in [-0.2, 0) is 13.2 Å². The fourth-order valence-corrected chi connectivity index (χ4v) is 2.35. The van der Waals surface area contributed by atoms with Crippen LogP contribution in [0.5, 0.6) is 5.75 Å². The Morgan fingerprint density at radius 2 is 2.16 bits per heavy atom. The van der Waals surface area contributed by atoms with Crippen molar-refractivity contribution in [2.24, 2.45) is 0 Å². The summed E-state index contributed by atoms with van der Waals surface area (Å²) in [7, 11) is 0. The molecule has 0 atom stereocenters. The number of hydrogen-bond acceptors (Lipinski definition) is 4. The second kappa shape index (κ2) is 6.68. The molecule has 2 aromatic rings. The lowest BCUT2D eigenvalue weighted by molar-refractivity contribution is 0.300. The molecule has 0 aliphatic heterocycles. The predicted octanol–water partition coefficient (Wildman–Crippen LogP) is 3.53. The molecule has 1 N–H and O–H groups in total. The highest BCUT2D eigenvalue weighted by molar-refractivity contribution is 7.07. The summed E-state index contributed by atoms with van der Waals surface area (Å²) in [6.45, 7) is 7.59. The van der Waals surface area contributed by atoms with E-state index in [0.29, 0.717) is 12.6 Å². The normalized spacial score (nSPS) is 10.9. The van der Waals surface area contributed by atoms with Crippen LogP contribution in [0.15, 0.2) is 29.0 Å². The van der Waals surface area contributed by atoms with E-state index in [1.54, 1.807) is 11.3 Å². The first-order chi connectivity index (χ1) is 9.15. The highest BCUT2D eigenvalue weighted by atomic mass is 32.1. The van der Waals surface area contributed by atoms with Crippen molar-refractivity contribution in [1.29, 1.82) is 0 Å². The number of thiophene rings is 1. The monoisotopic (exact) mass is 276 g/mol. The molecule has 0 amide bonds. The topological polar surface area (TPSA) is 34.1 Å². The highest BCUT2D eigenvalue weighted by Gasteiger charge is 2.07. The third-order valence-electron chi connectivity index (χ3n) is 2.72. The van der Waals surface area contributed by atoms with Crippen LogP contribution in [-0.4, -0.2) is 11.0 Å². The van der Waals surface area contributed by atoms with Gasteiger partial charge in [0.1, 0.15) is 12.4 Å². The number of nitrogens with one attached hydrogen (secondary N) is 1. The highest BCUT2D eigenvalue weighted by Crippen LogP contribution is 2.19. The fourth-order valence-electron chi connectivity index (χ4n) is 1.69. The van der Waals surface area contributed by atoms with Gasteiger partial charge in [-0.1, -0.05) is 13.8 Å². The molecule has 0 fully saturated rings. The van der Waals surface area contributed by atoms with Gasteiger partial charge < -0.3 is 10.1 Å². The smallest absolute Gasteiger partial charge is 0.142 e. The molecule has 0 saturated heterocycles. The molecule has 2 aromatic heterocycles. The minimum Gasteiger partial charge on any atom is -0.487 e. The zero-order chi connectivity index (χ0) is 13.7. The van der Waals surface area contributed by atoms with Gasteiger partial charge in [-0.3, -0.25) is 4.98 Å². The number of hydrogen-bond donors (Lipinski definition) is 1. The van der Waals surface area contributed by atoms with Crippen molar-refractivity contribution >= 4 is 11.3 Å². The molecule has 3 nitrogen and oxygen atoms in total. The van der Waals surface area contributed by atoms with Gasteiger partial charge in [-0.2, -0.15) is 11.3 Å². The van der Waals surface area contributed by atoms with Gasteiger partial charge >= 0.3 is 0 Å². The van der Waals surface area contributed by atoms with E-state index < -0.39 is 0 Å². The Hall–Kier alpha value is -1.39. The first-order valence-electron chi connectivity index (χ1n) is 6.49. The minimum absolute atomic E-state index is 0.437. The quantitative estimate of drug-likeness (QED) is 0.876. The third-order valence-corrected chi connectivity index (χ3v) is 3.46. The average Bonchev–Trinajstić information content (AvgIpc) is 2.88. The first-order valence-corrected chi connectivity index (χ1v) is 7.43. The maximum absolute atomic E-state index is 5.87. The lowest BCUT2D eigenvalue weighted by Gasteiger charge is -2.13. The summed E-state index contributed by atoms with van der Waals surface area (Å²) in [5, 5.41) is 7.55. The van der Waals surface area contributed by atoms with Crippen molar-refractivity contribution in [2.75, 3.05) is 0 Å². The van der Waals surface area contributed by atoms with E-state index in [1.165, 1.54) is 5.56 Å². The summed E-state index contributed by atoms with van der Waals surface area (Å²) in [4.78, 5) is 4.56. The maximum Gasteiger partial charge on any atom is 0.142 e. The summed E-state index contributed by atoms with van der Waals surface area (Å²) in [6.07, 6.45) is 0. The number of rotatable bonds is 6. The van der Waals surface area contributed by atoms with Crippen molar-refractivity contribution in [3.8, 4) is 5.75 Å². The summed E-state index contributed by atoms with van der Waals surface area (Å²) in [5.41, 5.74) is 3.20. The lowest BCUT2D eigenvalue weighted by atomic mass is 10.2. The standard InChI is InChI=1S/C15H20N2OS/c1-11(2)16-8-14-15(5-4-12(3)17-14)18-9-13-6-7-19-10-13/h4-7,10-11,16H,8-9H2,1-3H3. The van der Waals surface area contributed by atoms with E-state index in [0.717, 1.165) is 23.7 Å². The zero-order valence-electron chi connectivity index (χ0n) is 11.6. The van der Waals surface area contributed by atoms with Gasteiger partial charge in [0.15, 0.2) is 0 Å².